The number of ether oxygens (including phenoxy) is 1. The summed E-state index contributed by atoms with van der Waals surface area (Å²) in [6.45, 7) is 1.65. The van der Waals surface area contributed by atoms with Crippen molar-refractivity contribution in [2.24, 2.45) is 0 Å². The first-order valence-corrected chi connectivity index (χ1v) is 5.88. The quantitative estimate of drug-likeness (QED) is 0.674. The van der Waals surface area contributed by atoms with E-state index in [2.05, 4.69) is 10.6 Å². The van der Waals surface area contributed by atoms with Gasteiger partial charge in [0, 0.05) is 6.54 Å². The molecule has 20 heavy (non-hydrogen) atoms. The van der Waals surface area contributed by atoms with Crippen LogP contribution in [-0.4, -0.2) is 36.9 Å². The summed E-state index contributed by atoms with van der Waals surface area (Å²) < 4.78 is 4.77. The summed E-state index contributed by atoms with van der Waals surface area (Å²) in [4.78, 5) is 21.8. The van der Waals surface area contributed by atoms with Gasteiger partial charge in [-0.05, 0) is 18.6 Å². The molecule has 1 aromatic carbocycles. The third-order valence-corrected chi connectivity index (χ3v) is 2.39. The maximum Gasteiger partial charge on any atom is 0.329 e. The van der Waals surface area contributed by atoms with Crippen molar-refractivity contribution in [1.82, 2.24) is 5.32 Å². The van der Waals surface area contributed by atoms with E-state index >= 15 is 0 Å². The van der Waals surface area contributed by atoms with Crippen molar-refractivity contribution < 1.29 is 19.4 Å². The van der Waals surface area contributed by atoms with E-state index in [9.17, 15) is 9.59 Å². The molecule has 3 N–H and O–H groups in total. The van der Waals surface area contributed by atoms with Gasteiger partial charge >= 0.3 is 12.0 Å². The Morgan fingerprint density at radius 1 is 1.45 bits per heavy atom. The number of benzene rings is 1. The van der Waals surface area contributed by atoms with Crippen LogP contribution in [0.15, 0.2) is 18.2 Å². The van der Waals surface area contributed by atoms with Gasteiger partial charge in [0.2, 0.25) is 0 Å². The molecule has 0 atom stereocenters. The zero-order valence-electron chi connectivity index (χ0n) is 11.0. The number of anilines is 1. The average molecular weight is 277 g/mol. The second kappa shape index (κ2) is 7.76. The molecule has 7 nitrogen and oxygen atoms in total. The largest absolute Gasteiger partial charge is 0.480 e. The Balaban J connectivity index is 2.42. The number of nitriles is 1. The molecule has 1 rings (SSSR count). The number of hydrogen-bond donors (Lipinski definition) is 3. The van der Waals surface area contributed by atoms with Crippen LogP contribution < -0.4 is 10.6 Å². The summed E-state index contributed by atoms with van der Waals surface area (Å²) in [5.41, 5.74) is 1.61. The van der Waals surface area contributed by atoms with Gasteiger partial charge in [-0.15, -0.1) is 0 Å². The van der Waals surface area contributed by atoms with Gasteiger partial charge in [0.25, 0.3) is 0 Å². The number of nitrogens with one attached hydrogen (secondary N) is 2. The Morgan fingerprint density at radius 3 is 2.85 bits per heavy atom. The molecule has 0 saturated heterocycles. The molecule has 0 bridgehead atoms. The first-order chi connectivity index (χ1) is 9.54. The molecular weight excluding hydrogens is 262 g/mol. The maximum absolute atomic E-state index is 11.6. The van der Waals surface area contributed by atoms with E-state index in [4.69, 9.17) is 15.1 Å². The van der Waals surface area contributed by atoms with Gasteiger partial charge in [0.15, 0.2) is 0 Å². The van der Waals surface area contributed by atoms with E-state index < -0.39 is 18.6 Å². The van der Waals surface area contributed by atoms with Gasteiger partial charge in [-0.25, -0.2) is 9.59 Å². The predicted octanol–water partition coefficient (Wildman–Crippen LogP) is 1.09. The molecule has 0 heterocycles. The number of amides is 2. The first kappa shape index (κ1) is 15.5. The van der Waals surface area contributed by atoms with Crippen molar-refractivity contribution in [3.63, 3.8) is 0 Å². The summed E-state index contributed by atoms with van der Waals surface area (Å²) in [5.74, 6) is -1.06. The number of carbonyl (C=O) groups is 2. The van der Waals surface area contributed by atoms with Crippen LogP contribution in [-0.2, 0) is 9.53 Å². The number of carboxylic acids is 1. The van der Waals surface area contributed by atoms with Gasteiger partial charge in [-0.3, -0.25) is 0 Å². The highest BCUT2D eigenvalue weighted by Crippen LogP contribution is 2.17. The lowest BCUT2D eigenvalue weighted by molar-refractivity contribution is -0.142. The van der Waals surface area contributed by atoms with Crippen LogP contribution in [0, 0.1) is 18.3 Å². The standard InChI is InChI=1S/C13H15N3O4/c1-9-3-2-4-11(10(9)7-14)16-13(19)15-5-6-20-8-12(17)18/h2-4H,5-6,8H2,1H3,(H,17,18)(H2,15,16,19). The smallest absolute Gasteiger partial charge is 0.329 e. The van der Waals surface area contributed by atoms with E-state index in [1.165, 1.54) is 0 Å². The first-order valence-electron chi connectivity index (χ1n) is 5.88. The molecule has 0 radical (unpaired) electrons. The van der Waals surface area contributed by atoms with Crippen LogP contribution in [0.3, 0.4) is 0 Å². The van der Waals surface area contributed by atoms with Crippen LogP contribution in [0.5, 0.6) is 0 Å². The normalized spacial score (nSPS) is 9.60. The number of carboxylic acid groups (broad SMARTS) is 1. The minimum absolute atomic E-state index is 0.0959. The molecule has 0 aliphatic carbocycles. The summed E-state index contributed by atoms with van der Waals surface area (Å²) >= 11 is 0. The van der Waals surface area contributed by atoms with Crippen LogP contribution >= 0.6 is 0 Å². The fraction of sp³-hybridized carbons (Fsp3) is 0.308. The Morgan fingerprint density at radius 2 is 2.20 bits per heavy atom. The van der Waals surface area contributed by atoms with Gasteiger partial charge < -0.3 is 20.5 Å². The lowest BCUT2D eigenvalue weighted by Gasteiger charge is -2.10. The molecule has 2 amide bonds. The Hall–Kier alpha value is -2.59. The zero-order valence-corrected chi connectivity index (χ0v) is 11.0. The second-order valence-corrected chi connectivity index (χ2v) is 3.94. The highest BCUT2D eigenvalue weighted by atomic mass is 16.5. The number of nitrogens with zero attached hydrogens (tertiary/aromatic N) is 1. The van der Waals surface area contributed by atoms with E-state index in [1.54, 1.807) is 25.1 Å². The molecule has 0 aromatic heterocycles. The Bertz CT molecular complexity index is 537. The SMILES string of the molecule is Cc1cccc(NC(=O)NCCOCC(=O)O)c1C#N. The van der Waals surface area contributed by atoms with Gasteiger partial charge in [0.05, 0.1) is 17.9 Å². The van der Waals surface area contributed by atoms with E-state index in [-0.39, 0.29) is 13.2 Å². The predicted molar refractivity (Wildman–Crippen MR) is 71.4 cm³/mol. The number of aliphatic carboxylic acids is 1. The molecule has 1 aromatic rings. The molecule has 0 spiro atoms. The number of carbonyl (C=O) groups excluding carboxylic acids is 1. The van der Waals surface area contributed by atoms with Crippen LogP contribution in [0.4, 0.5) is 10.5 Å². The Labute approximate surface area is 116 Å². The van der Waals surface area contributed by atoms with Gasteiger partial charge in [-0.2, -0.15) is 5.26 Å². The summed E-state index contributed by atoms with van der Waals surface area (Å²) in [6, 6.07) is 6.69. The molecule has 0 saturated carbocycles. The van der Waals surface area contributed by atoms with Crippen LogP contribution in [0.1, 0.15) is 11.1 Å². The lowest BCUT2D eigenvalue weighted by atomic mass is 10.1. The molecule has 0 aliphatic rings. The molecular formula is C13H15N3O4. The van der Waals surface area contributed by atoms with Crippen molar-refractivity contribution in [1.29, 1.82) is 5.26 Å². The van der Waals surface area contributed by atoms with E-state index in [1.807, 2.05) is 6.07 Å². The summed E-state index contributed by atoms with van der Waals surface area (Å²) in [5, 5.41) is 22.4. The second-order valence-electron chi connectivity index (χ2n) is 3.94. The Kier molecular flexibility index (Phi) is 6.00. The molecule has 7 heteroatoms. The molecule has 0 unspecified atom stereocenters. The van der Waals surface area contributed by atoms with Crippen LogP contribution in [0.25, 0.3) is 0 Å². The minimum atomic E-state index is -1.06. The third kappa shape index (κ3) is 4.96. The number of urea groups is 1. The number of aryl methyl sites for hydroxylation is 1. The van der Waals surface area contributed by atoms with Crippen molar-refractivity contribution in [3.8, 4) is 6.07 Å². The van der Waals surface area contributed by atoms with Gasteiger partial charge in [0.1, 0.15) is 12.7 Å². The third-order valence-electron chi connectivity index (χ3n) is 2.39. The summed E-state index contributed by atoms with van der Waals surface area (Å²) in [6.07, 6.45) is 0. The van der Waals surface area contributed by atoms with Crippen molar-refractivity contribution >= 4 is 17.7 Å². The molecule has 0 fully saturated rings. The van der Waals surface area contributed by atoms with Crippen molar-refractivity contribution in [3.05, 3.63) is 29.3 Å². The molecule has 0 aliphatic heterocycles. The highest BCUT2D eigenvalue weighted by molar-refractivity contribution is 5.91. The minimum Gasteiger partial charge on any atom is -0.480 e. The van der Waals surface area contributed by atoms with Crippen molar-refractivity contribution in [2.75, 3.05) is 25.1 Å². The fourth-order valence-electron chi connectivity index (χ4n) is 1.48. The molecule has 106 valence electrons. The van der Waals surface area contributed by atoms with E-state index in [0.29, 0.717) is 11.3 Å². The topological polar surface area (TPSA) is 111 Å². The van der Waals surface area contributed by atoms with Gasteiger partial charge in [-0.1, -0.05) is 12.1 Å². The fourth-order valence-corrected chi connectivity index (χ4v) is 1.48. The zero-order chi connectivity index (χ0) is 15.0. The van der Waals surface area contributed by atoms with Crippen molar-refractivity contribution in [2.45, 2.75) is 6.92 Å². The van der Waals surface area contributed by atoms with Crippen LogP contribution in [0.2, 0.25) is 0 Å². The number of hydrogen-bond acceptors (Lipinski definition) is 4. The monoisotopic (exact) mass is 277 g/mol. The maximum atomic E-state index is 11.6. The number of rotatable bonds is 6. The highest BCUT2D eigenvalue weighted by Gasteiger charge is 2.08. The lowest BCUT2D eigenvalue weighted by Crippen LogP contribution is -2.32. The summed E-state index contributed by atoms with van der Waals surface area (Å²) in [7, 11) is 0. The average Bonchev–Trinajstić information content (AvgIpc) is 2.38. The van der Waals surface area contributed by atoms with E-state index in [0.717, 1.165) is 5.56 Å².